The van der Waals surface area contributed by atoms with Crippen LogP contribution in [0.1, 0.15) is 26.1 Å². The predicted octanol–water partition coefficient (Wildman–Crippen LogP) is 1.89. The topological polar surface area (TPSA) is 59.9 Å². The molecular weight excluding hydrogens is 256 g/mol. The molecule has 4 nitrogen and oxygen atoms in total. The standard InChI is InChI=1S/C8H13ClN2O2S2/c1-3-4-7-10-8(14-11-7)15(12,13)6(2)5-9/h6H,3-5H2,1-2H3. The van der Waals surface area contributed by atoms with Crippen LogP contribution in [0.2, 0.25) is 0 Å². The molecule has 0 spiro atoms. The highest BCUT2D eigenvalue weighted by atomic mass is 35.5. The van der Waals surface area contributed by atoms with Gasteiger partial charge in [0.15, 0.2) is 0 Å². The van der Waals surface area contributed by atoms with E-state index in [9.17, 15) is 8.42 Å². The molecule has 15 heavy (non-hydrogen) atoms. The van der Waals surface area contributed by atoms with Crippen LogP contribution in [-0.4, -0.2) is 28.9 Å². The first-order valence-electron chi connectivity index (χ1n) is 4.64. The maximum absolute atomic E-state index is 11.8. The van der Waals surface area contributed by atoms with Crippen molar-refractivity contribution in [3.8, 4) is 0 Å². The van der Waals surface area contributed by atoms with E-state index in [1.807, 2.05) is 6.92 Å². The van der Waals surface area contributed by atoms with Gasteiger partial charge in [-0.25, -0.2) is 13.4 Å². The molecule has 0 aliphatic carbocycles. The maximum Gasteiger partial charge on any atom is 0.229 e. The number of hydrogen-bond donors (Lipinski definition) is 0. The fourth-order valence-corrected chi connectivity index (χ4v) is 3.66. The lowest BCUT2D eigenvalue weighted by atomic mass is 10.3. The molecule has 1 aromatic heterocycles. The van der Waals surface area contributed by atoms with Crippen LogP contribution in [0.5, 0.6) is 0 Å². The number of rotatable bonds is 5. The SMILES string of the molecule is CCCc1nsc(S(=O)(=O)C(C)CCl)n1. The van der Waals surface area contributed by atoms with Gasteiger partial charge in [-0.3, -0.25) is 0 Å². The Morgan fingerprint density at radius 3 is 2.73 bits per heavy atom. The van der Waals surface area contributed by atoms with E-state index in [2.05, 4.69) is 9.36 Å². The molecule has 86 valence electrons. The van der Waals surface area contributed by atoms with E-state index >= 15 is 0 Å². The Morgan fingerprint density at radius 2 is 2.20 bits per heavy atom. The summed E-state index contributed by atoms with van der Waals surface area (Å²) < 4.78 is 27.7. The van der Waals surface area contributed by atoms with Gasteiger partial charge in [0.1, 0.15) is 5.82 Å². The number of aromatic nitrogens is 2. The first-order chi connectivity index (χ1) is 7.02. The molecule has 0 saturated heterocycles. The molecule has 0 radical (unpaired) electrons. The van der Waals surface area contributed by atoms with Gasteiger partial charge in [-0.2, -0.15) is 4.37 Å². The minimum absolute atomic E-state index is 0.0744. The van der Waals surface area contributed by atoms with Crippen molar-refractivity contribution in [3.05, 3.63) is 5.82 Å². The Labute approximate surface area is 98.8 Å². The minimum Gasteiger partial charge on any atom is -0.221 e. The highest BCUT2D eigenvalue weighted by molar-refractivity contribution is 7.93. The monoisotopic (exact) mass is 268 g/mol. The Hall–Kier alpha value is -0.200. The molecule has 0 aliphatic heterocycles. The maximum atomic E-state index is 11.8. The number of sulfone groups is 1. The average Bonchev–Trinajstić information content (AvgIpc) is 2.66. The first kappa shape index (κ1) is 12.9. The van der Waals surface area contributed by atoms with Gasteiger partial charge in [0, 0.05) is 12.3 Å². The van der Waals surface area contributed by atoms with Crippen LogP contribution in [0.3, 0.4) is 0 Å². The van der Waals surface area contributed by atoms with E-state index in [-0.39, 0.29) is 10.2 Å². The third-order valence-corrected chi connectivity index (χ3v) is 5.83. The normalized spacial score (nSPS) is 14.1. The zero-order valence-electron chi connectivity index (χ0n) is 8.60. The lowest BCUT2D eigenvalue weighted by Gasteiger charge is -2.04. The molecule has 0 aliphatic rings. The van der Waals surface area contributed by atoms with Crippen LogP contribution in [-0.2, 0) is 16.3 Å². The molecule has 7 heteroatoms. The summed E-state index contributed by atoms with van der Waals surface area (Å²) in [6.45, 7) is 3.57. The summed E-state index contributed by atoms with van der Waals surface area (Å²) >= 11 is 6.46. The summed E-state index contributed by atoms with van der Waals surface area (Å²) in [4.78, 5) is 4.00. The summed E-state index contributed by atoms with van der Waals surface area (Å²) in [7, 11) is -3.37. The lowest BCUT2D eigenvalue weighted by Crippen LogP contribution is -2.19. The van der Waals surface area contributed by atoms with Crippen molar-refractivity contribution < 1.29 is 8.42 Å². The third kappa shape index (κ3) is 2.89. The molecule has 0 aromatic carbocycles. The lowest BCUT2D eigenvalue weighted by molar-refractivity contribution is 0.586. The zero-order chi connectivity index (χ0) is 11.5. The Kier molecular flexibility index (Phi) is 4.48. The van der Waals surface area contributed by atoms with Gasteiger partial charge < -0.3 is 0 Å². The van der Waals surface area contributed by atoms with Crippen LogP contribution in [0.4, 0.5) is 0 Å². The highest BCUT2D eigenvalue weighted by Gasteiger charge is 2.26. The van der Waals surface area contributed by atoms with Gasteiger partial charge in [0.25, 0.3) is 0 Å². The van der Waals surface area contributed by atoms with E-state index in [4.69, 9.17) is 11.6 Å². The average molecular weight is 269 g/mol. The molecule has 1 heterocycles. The highest BCUT2D eigenvalue weighted by Crippen LogP contribution is 2.19. The second-order valence-corrected chi connectivity index (χ2v) is 6.84. The summed E-state index contributed by atoms with van der Waals surface area (Å²) in [6, 6.07) is 0. The molecule has 0 N–H and O–H groups in total. The first-order valence-corrected chi connectivity index (χ1v) is 7.50. The van der Waals surface area contributed by atoms with Crippen LogP contribution in [0, 0.1) is 0 Å². The summed E-state index contributed by atoms with van der Waals surface area (Å²) in [5, 5.41) is -0.610. The number of aryl methyl sites for hydroxylation is 1. The molecular formula is C8H13ClN2O2S2. The molecule has 1 atom stereocenters. The summed E-state index contributed by atoms with van der Waals surface area (Å²) in [5.41, 5.74) is 0. The van der Waals surface area contributed by atoms with Gasteiger partial charge >= 0.3 is 0 Å². The van der Waals surface area contributed by atoms with Crippen molar-refractivity contribution in [2.45, 2.75) is 36.3 Å². The van der Waals surface area contributed by atoms with E-state index in [1.165, 1.54) is 0 Å². The van der Waals surface area contributed by atoms with Crippen LogP contribution in [0.25, 0.3) is 0 Å². The van der Waals surface area contributed by atoms with Crippen LogP contribution >= 0.6 is 23.1 Å². The van der Waals surface area contributed by atoms with Gasteiger partial charge in [-0.1, -0.05) is 6.92 Å². The molecule has 1 unspecified atom stereocenters. The zero-order valence-corrected chi connectivity index (χ0v) is 11.0. The molecule has 0 saturated carbocycles. The van der Waals surface area contributed by atoms with Crippen molar-refractivity contribution in [3.63, 3.8) is 0 Å². The van der Waals surface area contributed by atoms with E-state index in [0.717, 1.165) is 18.0 Å². The predicted molar refractivity (Wildman–Crippen MR) is 61.3 cm³/mol. The van der Waals surface area contributed by atoms with Crippen molar-refractivity contribution in [2.24, 2.45) is 0 Å². The summed E-state index contributed by atoms with van der Waals surface area (Å²) in [5.74, 6) is 0.674. The number of hydrogen-bond acceptors (Lipinski definition) is 5. The molecule has 0 fully saturated rings. The Balaban J connectivity index is 2.96. The van der Waals surface area contributed by atoms with E-state index in [1.54, 1.807) is 6.92 Å². The second kappa shape index (κ2) is 5.23. The Bertz CT molecular complexity index is 416. The number of nitrogens with zero attached hydrogens (tertiary/aromatic N) is 2. The molecule has 0 bridgehead atoms. The van der Waals surface area contributed by atoms with E-state index in [0.29, 0.717) is 12.2 Å². The van der Waals surface area contributed by atoms with Gasteiger partial charge in [0.2, 0.25) is 14.2 Å². The van der Waals surface area contributed by atoms with Gasteiger partial charge in [-0.05, 0) is 24.9 Å². The third-order valence-electron chi connectivity index (χ3n) is 1.91. The van der Waals surface area contributed by atoms with Crippen molar-refractivity contribution in [2.75, 3.05) is 5.88 Å². The van der Waals surface area contributed by atoms with Crippen molar-refractivity contribution >= 4 is 33.0 Å². The minimum atomic E-state index is -3.37. The van der Waals surface area contributed by atoms with Gasteiger partial charge in [-0.15, -0.1) is 11.6 Å². The van der Waals surface area contributed by atoms with Crippen molar-refractivity contribution in [1.29, 1.82) is 0 Å². The second-order valence-electron chi connectivity index (χ2n) is 3.24. The molecule has 0 amide bonds. The van der Waals surface area contributed by atoms with Crippen molar-refractivity contribution in [1.82, 2.24) is 9.36 Å². The molecule has 1 rings (SSSR count). The smallest absolute Gasteiger partial charge is 0.221 e. The van der Waals surface area contributed by atoms with Gasteiger partial charge in [0.05, 0.1) is 5.25 Å². The van der Waals surface area contributed by atoms with E-state index < -0.39 is 15.1 Å². The van der Waals surface area contributed by atoms with Crippen LogP contribution < -0.4 is 0 Å². The molecule has 1 aromatic rings. The largest absolute Gasteiger partial charge is 0.229 e. The Morgan fingerprint density at radius 1 is 1.53 bits per heavy atom. The number of halogens is 1. The quantitative estimate of drug-likeness (QED) is 0.765. The summed E-state index contributed by atoms with van der Waals surface area (Å²) in [6.07, 6.45) is 1.61. The fourth-order valence-electron chi connectivity index (χ4n) is 0.934. The fraction of sp³-hybridized carbons (Fsp3) is 0.750. The number of alkyl halides is 1. The van der Waals surface area contributed by atoms with Crippen LogP contribution in [0.15, 0.2) is 4.34 Å².